The van der Waals surface area contributed by atoms with E-state index in [1.165, 1.54) is 5.56 Å². The lowest BCUT2D eigenvalue weighted by Crippen LogP contribution is -2.42. The highest BCUT2D eigenvalue weighted by atomic mass is 127. The van der Waals surface area contributed by atoms with Crippen molar-refractivity contribution in [2.24, 2.45) is 4.99 Å². The lowest BCUT2D eigenvalue weighted by Gasteiger charge is -2.17. The van der Waals surface area contributed by atoms with Crippen LogP contribution in [-0.2, 0) is 13.0 Å². The lowest BCUT2D eigenvalue weighted by atomic mass is 10.1. The van der Waals surface area contributed by atoms with Crippen molar-refractivity contribution in [3.63, 3.8) is 0 Å². The average Bonchev–Trinajstić information content (AvgIpc) is 3.08. The van der Waals surface area contributed by atoms with Crippen LogP contribution in [0.15, 0.2) is 40.7 Å². The van der Waals surface area contributed by atoms with Crippen molar-refractivity contribution in [3.8, 4) is 0 Å². The van der Waals surface area contributed by atoms with Crippen LogP contribution in [0.2, 0.25) is 0 Å². The second kappa shape index (κ2) is 12.1. The molecule has 26 heavy (non-hydrogen) atoms. The van der Waals surface area contributed by atoms with Gasteiger partial charge in [0.1, 0.15) is 0 Å². The van der Waals surface area contributed by atoms with Gasteiger partial charge in [0.15, 0.2) is 11.1 Å². The number of nitrogens with zero attached hydrogens (tertiary/aromatic N) is 3. The Labute approximate surface area is 178 Å². The van der Waals surface area contributed by atoms with E-state index in [1.54, 1.807) is 11.3 Å². The first-order chi connectivity index (χ1) is 12.1. The molecule has 0 bridgehead atoms. The number of benzene rings is 1. The van der Waals surface area contributed by atoms with Gasteiger partial charge in [-0.25, -0.2) is 9.98 Å². The highest BCUT2D eigenvalue weighted by Gasteiger charge is 2.07. The maximum atomic E-state index is 4.67. The Balaban J connectivity index is 0.00000338. The molecule has 1 aromatic carbocycles. The number of aromatic nitrogens is 1. The van der Waals surface area contributed by atoms with Gasteiger partial charge in [-0.2, -0.15) is 0 Å². The van der Waals surface area contributed by atoms with Crippen molar-refractivity contribution < 1.29 is 0 Å². The molecule has 0 fully saturated rings. The van der Waals surface area contributed by atoms with Crippen molar-refractivity contribution in [1.82, 2.24) is 15.6 Å². The van der Waals surface area contributed by atoms with Crippen LogP contribution < -0.4 is 15.5 Å². The van der Waals surface area contributed by atoms with Crippen LogP contribution in [0.4, 0.5) is 5.13 Å². The summed E-state index contributed by atoms with van der Waals surface area (Å²) in [5, 5.41) is 9.89. The first-order valence-corrected chi connectivity index (χ1v) is 9.67. The number of anilines is 1. The molecule has 0 spiro atoms. The van der Waals surface area contributed by atoms with E-state index in [0.717, 1.165) is 36.2 Å². The molecule has 144 valence electrons. The third-order valence-electron chi connectivity index (χ3n) is 3.76. The quantitative estimate of drug-likeness (QED) is 0.337. The monoisotopic (exact) mass is 487 g/mol. The van der Waals surface area contributed by atoms with Crippen LogP contribution in [0.25, 0.3) is 0 Å². The van der Waals surface area contributed by atoms with Gasteiger partial charge in [0.2, 0.25) is 0 Å². The Hall–Kier alpha value is -1.35. The molecular formula is C19H30IN5S. The van der Waals surface area contributed by atoms with Crippen molar-refractivity contribution in [1.29, 1.82) is 0 Å². The van der Waals surface area contributed by atoms with Crippen LogP contribution in [0.3, 0.4) is 0 Å². The number of rotatable bonds is 8. The SMILES string of the molecule is CCNC(=NCc1csc(N(C)C)n1)NC(C)CCc1ccccc1.I. The second-order valence-corrected chi connectivity index (χ2v) is 7.12. The first-order valence-electron chi connectivity index (χ1n) is 8.79. The first kappa shape index (κ1) is 22.7. The van der Waals surface area contributed by atoms with Crippen molar-refractivity contribution in [3.05, 3.63) is 47.0 Å². The number of hydrogen-bond acceptors (Lipinski definition) is 4. The van der Waals surface area contributed by atoms with E-state index in [-0.39, 0.29) is 24.0 Å². The highest BCUT2D eigenvalue weighted by molar-refractivity contribution is 14.0. The fourth-order valence-corrected chi connectivity index (χ4v) is 3.14. The summed E-state index contributed by atoms with van der Waals surface area (Å²) in [5.41, 5.74) is 2.37. The van der Waals surface area contributed by atoms with E-state index in [2.05, 4.69) is 70.2 Å². The number of aliphatic imine (C=N–C) groups is 1. The van der Waals surface area contributed by atoms with E-state index in [0.29, 0.717) is 12.6 Å². The number of guanidine groups is 1. The van der Waals surface area contributed by atoms with E-state index < -0.39 is 0 Å². The summed E-state index contributed by atoms with van der Waals surface area (Å²) in [4.78, 5) is 11.3. The second-order valence-electron chi connectivity index (χ2n) is 6.28. The molecule has 2 N–H and O–H groups in total. The minimum atomic E-state index is 0. The summed E-state index contributed by atoms with van der Waals surface area (Å²) in [6.07, 6.45) is 2.13. The van der Waals surface area contributed by atoms with Gasteiger partial charge in [0, 0.05) is 32.1 Å². The van der Waals surface area contributed by atoms with Crippen LogP contribution in [-0.4, -0.2) is 37.6 Å². The normalized spacial score (nSPS) is 12.2. The fourth-order valence-electron chi connectivity index (χ4n) is 2.39. The van der Waals surface area contributed by atoms with Gasteiger partial charge in [-0.1, -0.05) is 30.3 Å². The van der Waals surface area contributed by atoms with Gasteiger partial charge in [0.05, 0.1) is 12.2 Å². The van der Waals surface area contributed by atoms with Gasteiger partial charge in [-0.3, -0.25) is 0 Å². The molecule has 0 radical (unpaired) electrons. The standard InChI is InChI=1S/C19H29N5S.HI/c1-5-20-18(21-13-17-14-25-19(23-17)24(3)4)22-15(2)11-12-16-9-7-6-8-10-16;/h6-10,14-15H,5,11-13H2,1-4H3,(H2,20,21,22);1H. The van der Waals surface area contributed by atoms with E-state index in [9.17, 15) is 0 Å². The zero-order valence-electron chi connectivity index (χ0n) is 16.0. The van der Waals surface area contributed by atoms with Crippen molar-refractivity contribution >= 4 is 46.4 Å². The highest BCUT2D eigenvalue weighted by Crippen LogP contribution is 2.18. The average molecular weight is 487 g/mol. The molecule has 1 atom stereocenters. The molecule has 2 aromatic rings. The van der Waals surface area contributed by atoms with Gasteiger partial charge in [0.25, 0.3) is 0 Å². The summed E-state index contributed by atoms with van der Waals surface area (Å²) >= 11 is 1.65. The summed E-state index contributed by atoms with van der Waals surface area (Å²) in [5.74, 6) is 0.850. The summed E-state index contributed by atoms with van der Waals surface area (Å²) in [7, 11) is 4.01. The maximum Gasteiger partial charge on any atom is 0.191 e. The smallest absolute Gasteiger partial charge is 0.191 e. The molecule has 1 heterocycles. The number of halogens is 1. The number of aryl methyl sites for hydroxylation is 1. The van der Waals surface area contributed by atoms with E-state index in [4.69, 9.17) is 0 Å². The number of nitrogens with one attached hydrogen (secondary N) is 2. The van der Waals surface area contributed by atoms with Gasteiger partial charge >= 0.3 is 0 Å². The zero-order valence-corrected chi connectivity index (χ0v) is 19.2. The Morgan fingerprint density at radius 3 is 2.62 bits per heavy atom. The Morgan fingerprint density at radius 2 is 2.00 bits per heavy atom. The molecule has 7 heteroatoms. The Morgan fingerprint density at radius 1 is 1.27 bits per heavy atom. The predicted octanol–water partition coefficient (Wildman–Crippen LogP) is 3.90. The molecule has 0 aliphatic rings. The molecular weight excluding hydrogens is 457 g/mol. The number of thiazole rings is 1. The maximum absolute atomic E-state index is 4.67. The van der Waals surface area contributed by atoms with Crippen LogP contribution in [0.5, 0.6) is 0 Å². The molecule has 5 nitrogen and oxygen atoms in total. The molecule has 1 unspecified atom stereocenters. The molecule has 0 saturated heterocycles. The van der Waals surface area contributed by atoms with Gasteiger partial charge < -0.3 is 15.5 Å². The van der Waals surface area contributed by atoms with Crippen LogP contribution >= 0.6 is 35.3 Å². The zero-order chi connectivity index (χ0) is 18.1. The van der Waals surface area contributed by atoms with E-state index in [1.807, 2.05) is 19.0 Å². The topological polar surface area (TPSA) is 52.6 Å². The molecule has 0 saturated carbocycles. The molecule has 1 aromatic heterocycles. The fraction of sp³-hybridized carbons (Fsp3) is 0.474. The molecule has 0 aliphatic carbocycles. The Bertz CT molecular complexity index is 657. The summed E-state index contributed by atoms with van der Waals surface area (Å²) < 4.78 is 0. The Kier molecular flexibility index (Phi) is 10.6. The van der Waals surface area contributed by atoms with Gasteiger partial charge in [-0.15, -0.1) is 35.3 Å². The molecule has 2 rings (SSSR count). The minimum Gasteiger partial charge on any atom is -0.357 e. The minimum absolute atomic E-state index is 0. The third-order valence-corrected chi connectivity index (χ3v) is 4.81. The molecule has 0 aliphatic heterocycles. The lowest BCUT2D eigenvalue weighted by molar-refractivity contribution is 0.593. The molecule has 0 amide bonds. The number of hydrogen-bond donors (Lipinski definition) is 2. The summed E-state index contributed by atoms with van der Waals surface area (Å²) in [6, 6.07) is 10.9. The van der Waals surface area contributed by atoms with E-state index >= 15 is 0 Å². The summed E-state index contributed by atoms with van der Waals surface area (Å²) in [6.45, 7) is 5.71. The van der Waals surface area contributed by atoms with Crippen molar-refractivity contribution in [2.45, 2.75) is 39.3 Å². The predicted molar refractivity (Wildman–Crippen MR) is 124 cm³/mol. The van der Waals surface area contributed by atoms with Gasteiger partial charge in [-0.05, 0) is 32.3 Å². The van der Waals surface area contributed by atoms with Crippen molar-refractivity contribution in [2.75, 3.05) is 25.5 Å². The van der Waals surface area contributed by atoms with Crippen LogP contribution in [0.1, 0.15) is 31.5 Å². The third kappa shape index (κ3) is 7.90. The van der Waals surface area contributed by atoms with Crippen LogP contribution in [0, 0.1) is 0 Å². The largest absolute Gasteiger partial charge is 0.357 e.